The maximum atomic E-state index is 11.5. The number of carbonyl (C=O) groups is 1. The van der Waals surface area contributed by atoms with E-state index >= 15 is 0 Å². The molecule has 18 heavy (non-hydrogen) atoms. The SMILES string of the molecule is CC(CN)CNC(=O)CCCOc1ccccc1. The first kappa shape index (κ1) is 14.5. The summed E-state index contributed by atoms with van der Waals surface area (Å²) in [5.41, 5.74) is 5.47. The van der Waals surface area contributed by atoms with Crippen molar-refractivity contribution in [3.63, 3.8) is 0 Å². The molecule has 1 amide bonds. The van der Waals surface area contributed by atoms with E-state index in [0.29, 0.717) is 32.0 Å². The van der Waals surface area contributed by atoms with Gasteiger partial charge in [0, 0.05) is 13.0 Å². The topological polar surface area (TPSA) is 64.3 Å². The quantitative estimate of drug-likeness (QED) is 0.688. The highest BCUT2D eigenvalue weighted by Gasteiger charge is 2.04. The fourth-order valence-corrected chi connectivity index (χ4v) is 1.40. The van der Waals surface area contributed by atoms with Crippen LogP contribution in [0.25, 0.3) is 0 Å². The van der Waals surface area contributed by atoms with E-state index in [-0.39, 0.29) is 5.91 Å². The van der Waals surface area contributed by atoms with Crippen molar-refractivity contribution in [1.29, 1.82) is 0 Å². The van der Waals surface area contributed by atoms with E-state index < -0.39 is 0 Å². The van der Waals surface area contributed by atoms with Crippen molar-refractivity contribution in [2.45, 2.75) is 19.8 Å². The summed E-state index contributed by atoms with van der Waals surface area (Å²) < 4.78 is 5.50. The molecule has 3 N–H and O–H groups in total. The summed E-state index contributed by atoms with van der Waals surface area (Å²) in [5, 5.41) is 2.86. The van der Waals surface area contributed by atoms with E-state index in [2.05, 4.69) is 5.32 Å². The van der Waals surface area contributed by atoms with Crippen molar-refractivity contribution in [2.75, 3.05) is 19.7 Å². The van der Waals surface area contributed by atoms with Crippen LogP contribution >= 0.6 is 0 Å². The first-order valence-corrected chi connectivity index (χ1v) is 6.37. The number of carbonyl (C=O) groups excluding carboxylic acids is 1. The molecule has 0 saturated heterocycles. The Balaban J connectivity index is 2.05. The largest absolute Gasteiger partial charge is 0.494 e. The number of amides is 1. The average molecular weight is 250 g/mol. The van der Waals surface area contributed by atoms with Gasteiger partial charge in [0.25, 0.3) is 0 Å². The fraction of sp³-hybridized carbons (Fsp3) is 0.500. The van der Waals surface area contributed by atoms with Gasteiger partial charge in [-0.1, -0.05) is 25.1 Å². The third-order valence-corrected chi connectivity index (χ3v) is 2.61. The highest BCUT2D eigenvalue weighted by molar-refractivity contribution is 5.75. The molecule has 1 aromatic carbocycles. The van der Waals surface area contributed by atoms with Crippen molar-refractivity contribution in [2.24, 2.45) is 11.7 Å². The van der Waals surface area contributed by atoms with E-state index in [1.807, 2.05) is 37.3 Å². The van der Waals surface area contributed by atoms with Crippen molar-refractivity contribution >= 4 is 5.91 Å². The molecule has 4 nitrogen and oxygen atoms in total. The van der Waals surface area contributed by atoms with Gasteiger partial charge in [-0.3, -0.25) is 4.79 Å². The number of para-hydroxylation sites is 1. The monoisotopic (exact) mass is 250 g/mol. The molecule has 1 aromatic rings. The lowest BCUT2D eigenvalue weighted by Gasteiger charge is -2.10. The maximum Gasteiger partial charge on any atom is 0.220 e. The molecule has 1 unspecified atom stereocenters. The lowest BCUT2D eigenvalue weighted by Crippen LogP contribution is -2.31. The van der Waals surface area contributed by atoms with Crippen LogP contribution in [0, 0.1) is 5.92 Å². The summed E-state index contributed by atoms with van der Waals surface area (Å²) in [7, 11) is 0. The minimum absolute atomic E-state index is 0.0620. The number of benzene rings is 1. The van der Waals surface area contributed by atoms with Crippen LogP contribution < -0.4 is 15.8 Å². The predicted molar refractivity (Wildman–Crippen MR) is 72.4 cm³/mol. The van der Waals surface area contributed by atoms with Crippen LogP contribution in [0.5, 0.6) is 5.75 Å². The maximum absolute atomic E-state index is 11.5. The normalized spacial score (nSPS) is 11.9. The number of hydrogen-bond donors (Lipinski definition) is 2. The van der Waals surface area contributed by atoms with E-state index in [9.17, 15) is 4.79 Å². The first-order valence-electron chi connectivity index (χ1n) is 6.37. The molecule has 0 aliphatic carbocycles. The summed E-state index contributed by atoms with van der Waals surface area (Å²) in [6, 6.07) is 9.61. The second-order valence-electron chi connectivity index (χ2n) is 4.41. The Morgan fingerprint density at radius 3 is 2.78 bits per heavy atom. The Labute approximate surface area is 109 Å². The zero-order valence-corrected chi connectivity index (χ0v) is 10.9. The van der Waals surface area contributed by atoms with E-state index in [4.69, 9.17) is 10.5 Å². The molecule has 0 aliphatic heterocycles. The third-order valence-electron chi connectivity index (χ3n) is 2.61. The Bertz CT molecular complexity index is 341. The van der Waals surface area contributed by atoms with E-state index in [1.165, 1.54) is 0 Å². The molecule has 4 heteroatoms. The molecule has 100 valence electrons. The smallest absolute Gasteiger partial charge is 0.220 e. The lowest BCUT2D eigenvalue weighted by molar-refractivity contribution is -0.121. The van der Waals surface area contributed by atoms with Gasteiger partial charge in [-0.15, -0.1) is 0 Å². The van der Waals surface area contributed by atoms with Gasteiger partial charge < -0.3 is 15.8 Å². The standard InChI is InChI=1S/C14H22N2O2/c1-12(10-15)11-16-14(17)8-5-9-18-13-6-3-2-4-7-13/h2-4,6-7,12H,5,8-11,15H2,1H3,(H,16,17). The van der Waals surface area contributed by atoms with Crippen molar-refractivity contribution in [3.8, 4) is 5.75 Å². The minimum atomic E-state index is 0.0620. The molecule has 0 aliphatic rings. The summed E-state index contributed by atoms with van der Waals surface area (Å²) in [6.07, 6.45) is 1.21. The summed E-state index contributed by atoms with van der Waals surface area (Å²) in [5.74, 6) is 1.23. The van der Waals surface area contributed by atoms with Gasteiger partial charge in [-0.05, 0) is 31.0 Å². The van der Waals surface area contributed by atoms with E-state index in [1.54, 1.807) is 0 Å². The number of rotatable bonds is 8. The zero-order valence-electron chi connectivity index (χ0n) is 10.9. The van der Waals surface area contributed by atoms with Crippen LogP contribution in [-0.4, -0.2) is 25.6 Å². The van der Waals surface area contributed by atoms with Crippen LogP contribution in [0.2, 0.25) is 0 Å². The van der Waals surface area contributed by atoms with Crippen LogP contribution in [0.3, 0.4) is 0 Å². The van der Waals surface area contributed by atoms with Gasteiger partial charge in [0.2, 0.25) is 5.91 Å². The van der Waals surface area contributed by atoms with Crippen LogP contribution in [0.4, 0.5) is 0 Å². The molecule has 0 radical (unpaired) electrons. The van der Waals surface area contributed by atoms with Gasteiger partial charge >= 0.3 is 0 Å². The molecule has 0 spiro atoms. The molecular formula is C14H22N2O2. The Morgan fingerprint density at radius 1 is 1.39 bits per heavy atom. The van der Waals surface area contributed by atoms with Gasteiger partial charge in [-0.25, -0.2) is 0 Å². The highest BCUT2D eigenvalue weighted by atomic mass is 16.5. The summed E-state index contributed by atoms with van der Waals surface area (Å²) >= 11 is 0. The van der Waals surface area contributed by atoms with Crippen LogP contribution in [0.15, 0.2) is 30.3 Å². The number of nitrogens with two attached hydrogens (primary N) is 1. The highest BCUT2D eigenvalue weighted by Crippen LogP contribution is 2.08. The van der Waals surface area contributed by atoms with Crippen LogP contribution in [0.1, 0.15) is 19.8 Å². The Morgan fingerprint density at radius 2 is 2.11 bits per heavy atom. The Hall–Kier alpha value is -1.55. The number of ether oxygens (including phenoxy) is 1. The van der Waals surface area contributed by atoms with Gasteiger partial charge in [0.05, 0.1) is 6.61 Å². The molecule has 0 saturated carbocycles. The molecule has 1 rings (SSSR count). The second-order valence-corrected chi connectivity index (χ2v) is 4.41. The average Bonchev–Trinajstić information content (AvgIpc) is 2.42. The van der Waals surface area contributed by atoms with Gasteiger partial charge in [-0.2, -0.15) is 0 Å². The molecule has 0 heterocycles. The number of hydrogen-bond acceptors (Lipinski definition) is 3. The van der Waals surface area contributed by atoms with Crippen LogP contribution in [-0.2, 0) is 4.79 Å². The van der Waals surface area contributed by atoms with Gasteiger partial charge in [0.15, 0.2) is 0 Å². The predicted octanol–water partition coefficient (Wildman–Crippen LogP) is 1.56. The van der Waals surface area contributed by atoms with Crippen molar-refractivity contribution in [1.82, 2.24) is 5.32 Å². The molecule has 0 fully saturated rings. The number of nitrogens with one attached hydrogen (secondary N) is 1. The summed E-state index contributed by atoms with van der Waals surface area (Å²) in [4.78, 5) is 11.5. The second kappa shape index (κ2) is 8.53. The van der Waals surface area contributed by atoms with Crippen molar-refractivity contribution in [3.05, 3.63) is 30.3 Å². The first-order chi connectivity index (χ1) is 8.72. The zero-order chi connectivity index (χ0) is 13.2. The van der Waals surface area contributed by atoms with Crippen molar-refractivity contribution < 1.29 is 9.53 Å². The fourth-order valence-electron chi connectivity index (χ4n) is 1.40. The minimum Gasteiger partial charge on any atom is -0.494 e. The lowest BCUT2D eigenvalue weighted by atomic mass is 10.2. The summed E-state index contributed by atoms with van der Waals surface area (Å²) in [6.45, 7) is 3.81. The molecule has 0 bridgehead atoms. The molecule has 1 atom stereocenters. The molecule has 0 aromatic heterocycles. The molecular weight excluding hydrogens is 228 g/mol. The van der Waals surface area contributed by atoms with Gasteiger partial charge in [0.1, 0.15) is 5.75 Å². The van der Waals surface area contributed by atoms with E-state index in [0.717, 1.165) is 12.2 Å². The third kappa shape index (κ3) is 6.25. The Kier molecular flexibility index (Phi) is 6.87.